The van der Waals surface area contributed by atoms with Crippen LogP contribution >= 0.6 is 11.3 Å². The third-order valence-corrected chi connectivity index (χ3v) is 7.30. The van der Waals surface area contributed by atoms with Crippen molar-refractivity contribution < 1.29 is 18.7 Å². The summed E-state index contributed by atoms with van der Waals surface area (Å²) in [5.74, 6) is 1.46. The number of methoxy groups -OCH3 is 1. The Bertz CT molecular complexity index is 1390. The van der Waals surface area contributed by atoms with Gasteiger partial charge in [0.25, 0.3) is 5.91 Å². The fraction of sp³-hybridized carbons (Fsp3) is 0.393. The van der Waals surface area contributed by atoms with Gasteiger partial charge in [0.05, 0.1) is 35.1 Å². The number of rotatable bonds is 12. The number of hydrogen-bond donors (Lipinski definition) is 1. The summed E-state index contributed by atoms with van der Waals surface area (Å²) in [4.78, 5) is 38.9. The van der Waals surface area contributed by atoms with Crippen LogP contribution in [0.25, 0.3) is 22.2 Å². The lowest BCUT2D eigenvalue weighted by Gasteiger charge is -2.15. The van der Waals surface area contributed by atoms with Crippen LogP contribution in [0.5, 0.6) is 5.88 Å². The summed E-state index contributed by atoms with van der Waals surface area (Å²) in [6, 6.07) is 9.33. The lowest BCUT2D eigenvalue weighted by Crippen LogP contribution is -2.28. The van der Waals surface area contributed by atoms with Gasteiger partial charge in [-0.05, 0) is 38.8 Å². The molecule has 0 spiro atoms. The van der Waals surface area contributed by atoms with Gasteiger partial charge in [0.1, 0.15) is 16.7 Å². The van der Waals surface area contributed by atoms with Crippen LogP contribution in [0, 0.1) is 13.8 Å². The first kappa shape index (κ1) is 26.5. The van der Waals surface area contributed by atoms with E-state index in [0.717, 1.165) is 35.2 Å². The molecule has 9 heteroatoms. The predicted molar refractivity (Wildman–Crippen MR) is 144 cm³/mol. The van der Waals surface area contributed by atoms with E-state index in [9.17, 15) is 9.59 Å². The third kappa shape index (κ3) is 6.40. The van der Waals surface area contributed by atoms with Crippen molar-refractivity contribution in [1.82, 2.24) is 20.3 Å². The molecule has 0 fully saturated rings. The summed E-state index contributed by atoms with van der Waals surface area (Å²) in [5.41, 5.74) is 2.22. The van der Waals surface area contributed by atoms with E-state index < -0.39 is 6.04 Å². The van der Waals surface area contributed by atoms with Crippen molar-refractivity contribution in [3.8, 4) is 17.2 Å². The summed E-state index contributed by atoms with van der Waals surface area (Å²) in [7, 11) is 1.57. The first-order chi connectivity index (χ1) is 17.9. The van der Waals surface area contributed by atoms with Crippen molar-refractivity contribution in [1.29, 1.82) is 0 Å². The largest absolute Gasteiger partial charge is 0.480 e. The summed E-state index contributed by atoms with van der Waals surface area (Å²) in [6.45, 7) is 5.60. The SMILES string of the molecule is CCC(=O)CCCCC[C@H](NC(=O)c1sc(C)nc1C)c1ncc(-c2cc3ccccc3nc2OC)o1. The Morgan fingerprint density at radius 3 is 2.68 bits per heavy atom. The quantitative estimate of drug-likeness (QED) is 0.216. The van der Waals surface area contributed by atoms with E-state index in [2.05, 4.69) is 20.3 Å². The highest BCUT2D eigenvalue weighted by atomic mass is 32.1. The van der Waals surface area contributed by atoms with E-state index in [1.54, 1.807) is 13.3 Å². The van der Waals surface area contributed by atoms with Crippen LogP contribution in [0.2, 0.25) is 0 Å². The molecule has 1 amide bonds. The Hall–Kier alpha value is -3.59. The zero-order chi connectivity index (χ0) is 26.4. The van der Waals surface area contributed by atoms with Gasteiger partial charge in [-0.25, -0.2) is 15.0 Å². The number of fused-ring (bicyclic) bond motifs is 1. The number of ether oxygens (including phenoxy) is 1. The van der Waals surface area contributed by atoms with Crippen molar-refractivity contribution in [2.24, 2.45) is 0 Å². The van der Waals surface area contributed by atoms with Crippen LogP contribution in [-0.4, -0.2) is 33.8 Å². The Morgan fingerprint density at radius 1 is 1.14 bits per heavy atom. The Labute approximate surface area is 220 Å². The van der Waals surface area contributed by atoms with Crippen LogP contribution < -0.4 is 10.1 Å². The number of benzene rings is 1. The molecule has 8 nitrogen and oxygen atoms in total. The lowest BCUT2D eigenvalue weighted by molar-refractivity contribution is -0.118. The number of amides is 1. The van der Waals surface area contributed by atoms with E-state index in [0.29, 0.717) is 52.9 Å². The smallest absolute Gasteiger partial charge is 0.263 e. The minimum absolute atomic E-state index is 0.195. The van der Waals surface area contributed by atoms with Gasteiger partial charge >= 0.3 is 0 Å². The molecule has 0 unspecified atom stereocenters. The first-order valence-electron chi connectivity index (χ1n) is 12.6. The van der Waals surface area contributed by atoms with Crippen LogP contribution in [0.15, 0.2) is 40.9 Å². The highest BCUT2D eigenvalue weighted by Gasteiger charge is 2.24. The average Bonchev–Trinajstić information content (AvgIpc) is 3.52. The standard InChI is InChI=1S/C28H32N4O4S/c1-5-20(33)12-7-6-8-14-23(31-26(34)25-17(2)30-18(3)37-25)28-29-16-24(36-28)21-15-19-11-9-10-13-22(19)32-27(21)35-4/h9-11,13,15-16,23H,5-8,12,14H2,1-4H3,(H,31,34)/t23-/m0/s1. The second-order valence-electron chi connectivity index (χ2n) is 8.97. The Morgan fingerprint density at radius 2 is 1.95 bits per heavy atom. The fourth-order valence-electron chi connectivity index (χ4n) is 4.25. The number of pyridine rings is 1. The van der Waals surface area contributed by atoms with Crippen molar-refractivity contribution >= 4 is 33.9 Å². The van der Waals surface area contributed by atoms with Crippen molar-refractivity contribution in [2.75, 3.05) is 7.11 Å². The van der Waals surface area contributed by atoms with Gasteiger partial charge in [-0.2, -0.15) is 0 Å². The maximum absolute atomic E-state index is 13.1. The summed E-state index contributed by atoms with van der Waals surface area (Å²) < 4.78 is 11.7. The van der Waals surface area contributed by atoms with Gasteiger partial charge in [-0.3, -0.25) is 9.59 Å². The number of unbranched alkanes of at least 4 members (excludes halogenated alkanes) is 2. The Kier molecular flexibility index (Phi) is 8.66. The molecule has 1 aromatic carbocycles. The monoisotopic (exact) mass is 520 g/mol. The minimum Gasteiger partial charge on any atom is -0.480 e. The molecule has 0 bridgehead atoms. The zero-order valence-corrected chi connectivity index (χ0v) is 22.5. The zero-order valence-electron chi connectivity index (χ0n) is 21.7. The topological polar surface area (TPSA) is 107 Å². The maximum Gasteiger partial charge on any atom is 0.263 e. The molecule has 0 saturated carbocycles. The highest BCUT2D eigenvalue weighted by Crippen LogP contribution is 2.34. The molecule has 0 radical (unpaired) electrons. The molecule has 1 N–H and O–H groups in total. The number of aromatic nitrogens is 3. The molecule has 0 saturated heterocycles. The van der Waals surface area contributed by atoms with Crippen molar-refractivity contribution in [3.63, 3.8) is 0 Å². The predicted octanol–water partition coefficient (Wildman–Crippen LogP) is 6.37. The van der Waals surface area contributed by atoms with Gasteiger partial charge in [-0.1, -0.05) is 38.0 Å². The number of ketones is 1. The first-order valence-corrected chi connectivity index (χ1v) is 13.4. The van der Waals surface area contributed by atoms with E-state index in [4.69, 9.17) is 9.15 Å². The van der Waals surface area contributed by atoms with E-state index >= 15 is 0 Å². The van der Waals surface area contributed by atoms with Gasteiger partial charge in [0, 0.05) is 18.2 Å². The number of thiazole rings is 1. The van der Waals surface area contributed by atoms with Crippen molar-refractivity contribution in [3.05, 3.63) is 58.0 Å². The van der Waals surface area contributed by atoms with E-state index in [1.165, 1.54) is 11.3 Å². The van der Waals surface area contributed by atoms with Crippen LogP contribution in [0.3, 0.4) is 0 Å². The number of carbonyl (C=O) groups is 2. The fourth-order valence-corrected chi connectivity index (χ4v) is 5.07. The van der Waals surface area contributed by atoms with Gasteiger partial charge in [0.15, 0.2) is 5.76 Å². The molecule has 4 rings (SSSR count). The van der Waals surface area contributed by atoms with Crippen LogP contribution in [0.4, 0.5) is 0 Å². The molecule has 4 aromatic rings. The maximum atomic E-state index is 13.1. The van der Waals surface area contributed by atoms with Crippen molar-refractivity contribution in [2.45, 2.75) is 65.3 Å². The molecular formula is C28H32N4O4S. The van der Waals surface area contributed by atoms with Crippen LogP contribution in [0.1, 0.15) is 77.8 Å². The molecule has 0 aliphatic carbocycles. The number of carbonyl (C=O) groups excluding carboxylic acids is 2. The molecule has 0 aliphatic heterocycles. The summed E-state index contributed by atoms with van der Waals surface area (Å²) in [6.07, 6.45) is 5.97. The molecule has 3 aromatic heterocycles. The van der Waals surface area contributed by atoms with Crippen LogP contribution in [-0.2, 0) is 4.79 Å². The number of oxazole rings is 1. The number of nitrogens with zero attached hydrogens (tertiary/aromatic N) is 3. The van der Waals surface area contributed by atoms with Gasteiger partial charge in [0.2, 0.25) is 11.8 Å². The Balaban J connectivity index is 1.57. The minimum atomic E-state index is -0.427. The number of aryl methyl sites for hydroxylation is 2. The molecule has 194 valence electrons. The number of nitrogens with one attached hydrogen (secondary N) is 1. The van der Waals surface area contributed by atoms with E-state index in [1.807, 2.05) is 51.1 Å². The summed E-state index contributed by atoms with van der Waals surface area (Å²) in [5, 5.41) is 4.90. The lowest BCUT2D eigenvalue weighted by atomic mass is 10.0. The normalized spacial score (nSPS) is 12.0. The third-order valence-electron chi connectivity index (χ3n) is 6.23. The molecule has 1 atom stereocenters. The average molecular weight is 521 g/mol. The number of Topliss-reactive ketones (excluding diaryl/α,β-unsaturated/α-hetero) is 1. The highest BCUT2D eigenvalue weighted by molar-refractivity contribution is 7.13. The molecular weight excluding hydrogens is 488 g/mol. The molecule has 37 heavy (non-hydrogen) atoms. The number of para-hydroxylation sites is 1. The molecule has 3 heterocycles. The van der Waals surface area contributed by atoms with E-state index in [-0.39, 0.29) is 11.7 Å². The second-order valence-corrected chi connectivity index (χ2v) is 10.2. The summed E-state index contributed by atoms with van der Waals surface area (Å²) >= 11 is 1.37. The van der Waals surface area contributed by atoms with Gasteiger partial charge in [-0.15, -0.1) is 11.3 Å². The second kappa shape index (κ2) is 12.1. The van der Waals surface area contributed by atoms with Gasteiger partial charge < -0.3 is 14.5 Å². The molecule has 0 aliphatic rings. The number of hydrogen-bond acceptors (Lipinski definition) is 8.